The van der Waals surface area contributed by atoms with Gasteiger partial charge in [0.15, 0.2) is 0 Å². The van der Waals surface area contributed by atoms with Crippen molar-refractivity contribution in [2.75, 3.05) is 25.5 Å². The summed E-state index contributed by atoms with van der Waals surface area (Å²) in [5, 5.41) is 6.30. The van der Waals surface area contributed by atoms with Crippen molar-refractivity contribution in [3.05, 3.63) is 89.7 Å². The summed E-state index contributed by atoms with van der Waals surface area (Å²) in [5.41, 5.74) is 3.92. The van der Waals surface area contributed by atoms with Crippen molar-refractivity contribution in [1.29, 1.82) is 0 Å². The molecule has 150 valence electrons. The maximum atomic E-state index is 12.4. The van der Waals surface area contributed by atoms with Crippen LogP contribution in [0.25, 0.3) is 0 Å². The molecule has 2 aromatic carbocycles. The lowest BCUT2D eigenvalue weighted by atomic mass is 10.1. The number of hydrogen-bond acceptors (Lipinski definition) is 4. The molecule has 5 nitrogen and oxygen atoms in total. The minimum Gasteiger partial charge on any atom is -0.497 e. The number of nitrogens with zero attached hydrogens (tertiary/aromatic N) is 1. The molecule has 0 bridgehead atoms. The van der Waals surface area contributed by atoms with Crippen LogP contribution in [0.3, 0.4) is 0 Å². The fourth-order valence-corrected chi connectivity index (χ4v) is 3.05. The van der Waals surface area contributed by atoms with Crippen molar-refractivity contribution in [3.8, 4) is 5.75 Å². The monoisotopic (exact) mass is 389 g/mol. The van der Waals surface area contributed by atoms with Crippen molar-refractivity contribution < 1.29 is 9.53 Å². The van der Waals surface area contributed by atoms with Crippen molar-refractivity contribution in [1.82, 2.24) is 10.3 Å². The van der Waals surface area contributed by atoms with Gasteiger partial charge in [0.25, 0.3) is 5.91 Å². The van der Waals surface area contributed by atoms with E-state index in [1.807, 2.05) is 36.4 Å². The van der Waals surface area contributed by atoms with E-state index in [4.69, 9.17) is 4.74 Å². The molecule has 0 saturated heterocycles. The number of carbonyl (C=O) groups excluding carboxylic acids is 1. The van der Waals surface area contributed by atoms with E-state index < -0.39 is 0 Å². The first kappa shape index (κ1) is 20.4. The standard InChI is InChI=1S/C24H27N3O2/c1-29-23-11-9-20(10-12-23)13-15-26-22-16-21(17-25-18-22)24(28)27-14-5-8-19-6-3-2-4-7-19/h2-4,6-7,9-12,16-18,26H,5,8,13-15H2,1H3,(H,27,28). The molecule has 0 aliphatic rings. The topological polar surface area (TPSA) is 63.2 Å². The number of benzene rings is 2. The van der Waals surface area contributed by atoms with Gasteiger partial charge in [0.05, 0.1) is 18.4 Å². The van der Waals surface area contributed by atoms with Crippen LogP contribution >= 0.6 is 0 Å². The Morgan fingerprint density at radius 2 is 1.69 bits per heavy atom. The summed E-state index contributed by atoms with van der Waals surface area (Å²) >= 11 is 0. The van der Waals surface area contributed by atoms with Gasteiger partial charge < -0.3 is 15.4 Å². The highest BCUT2D eigenvalue weighted by Crippen LogP contribution is 2.13. The van der Waals surface area contributed by atoms with Crippen molar-refractivity contribution >= 4 is 11.6 Å². The Morgan fingerprint density at radius 1 is 0.931 bits per heavy atom. The van der Waals surface area contributed by atoms with Gasteiger partial charge in [0, 0.05) is 25.5 Å². The van der Waals surface area contributed by atoms with E-state index in [0.717, 1.165) is 37.2 Å². The van der Waals surface area contributed by atoms with Gasteiger partial charge in [-0.1, -0.05) is 42.5 Å². The second kappa shape index (κ2) is 10.9. The molecule has 0 fully saturated rings. The Hall–Kier alpha value is -3.34. The molecule has 3 aromatic rings. The lowest BCUT2D eigenvalue weighted by molar-refractivity contribution is 0.0953. The zero-order valence-corrected chi connectivity index (χ0v) is 16.7. The third-order valence-corrected chi connectivity index (χ3v) is 4.67. The highest BCUT2D eigenvalue weighted by Gasteiger charge is 2.06. The predicted molar refractivity (Wildman–Crippen MR) is 117 cm³/mol. The quantitative estimate of drug-likeness (QED) is 0.512. The molecule has 29 heavy (non-hydrogen) atoms. The highest BCUT2D eigenvalue weighted by atomic mass is 16.5. The molecule has 5 heteroatoms. The van der Waals surface area contributed by atoms with Crippen LogP contribution in [-0.4, -0.2) is 31.1 Å². The van der Waals surface area contributed by atoms with Gasteiger partial charge in [-0.25, -0.2) is 0 Å². The van der Waals surface area contributed by atoms with Crippen molar-refractivity contribution in [2.24, 2.45) is 0 Å². The van der Waals surface area contributed by atoms with Crippen LogP contribution in [0.2, 0.25) is 0 Å². The van der Waals surface area contributed by atoms with Gasteiger partial charge in [-0.15, -0.1) is 0 Å². The number of aryl methyl sites for hydroxylation is 1. The molecular formula is C24H27N3O2. The van der Waals surface area contributed by atoms with Crippen LogP contribution in [0, 0.1) is 0 Å². The summed E-state index contributed by atoms with van der Waals surface area (Å²) in [4.78, 5) is 16.6. The van der Waals surface area contributed by atoms with E-state index in [-0.39, 0.29) is 5.91 Å². The smallest absolute Gasteiger partial charge is 0.252 e. The molecule has 0 atom stereocenters. The minimum absolute atomic E-state index is 0.0932. The maximum absolute atomic E-state index is 12.4. The fourth-order valence-electron chi connectivity index (χ4n) is 3.05. The molecule has 0 unspecified atom stereocenters. The lowest BCUT2D eigenvalue weighted by Gasteiger charge is -2.09. The maximum Gasteiger partial charge on any atom is 0.252 e. The van der Waals surface area contributed by atoms with E-state index in [2.05, 4.69) is 39.9 Å². The molecule has 2 N–H and O–H groups in total. The third-order valence-electron chi connectivity index (χ3n) is 4.67. The number of methoxy groups -OCH3 is 1. The molecule has 0 aliphatic carbocycles. The zero-order chi connectivity index (χ0) is 20.3. The van der Waals surface area contributed by atoms with E-state index in [9.17, 15) is 4.79 Å². The molecule has 3 rings (SSSR count). The Labute approximate surface area is 172 Å². The second-order valence-corrected chi connectivity index (χ2v) is 6.83. The number of rotatable bonds is 10. The average molecular weight is 389 g/mol. The summed E-state index contributed by atoms with van der Waals surface area (Å²) in [6.45, 7) is 1.40. The van der Waals surface area contributed by atoms with Gasteiger partial charge in [-0.2, -0.15) is 0 Å². The van der Waals surface area contributed by atoms with Gasteiger partial charge in [-0.3, -0.25) is 9.78 Å². The number of ether oxygens (including phenoxy) is 1. The van der Waals surface area contributed by atoms with E-state index in [0.29, 0.717) is 12.1 Å². The highest BCUT2D eigenvalue weighted by molar-refractivity contribution is 5.94. The number of anilines is 1. The summed E-state index contributed by atoms with van der Waals surface area (Å²) < 4.78 is 5.17. The first-order chi connectivity index (χ1) is 14.2. The van der Waals surface area contributed by atoms with Gasteiger partial charge in [-0.05, 0) is 48.6 Å². The minimum atomic E-state index is -0.0932. The normalized spacial score (nSPS) is 10.4. The Bertz CT molecular complexity index is 896. The van der Waals surface area contributed by atoms with E-state index in [1.54, 1.807) is 19.5 Å². The largest absolute Gasteiger partial charge is 0.497 e. The fraction of sp³-hybridized carbons (Fsp3) is 0.250. The van der Waals surface area contributed by atoms with Gasteiger partial charge >= 0.3 is 0 Å². The molecular weight excluding hydrogens is 362 g/mol. The molecule has 0 spiro atoms. The average Bonchev–Trinajstić information content (AvgIpc) is 2.78. The number of hydrogen-bond donors (Lipinski definition) is 2. The first-order valence-electron chi connectivity index (χ1n) is 9.88. The molecule has 0 radical (unpaired) electrons. The SMILES string of the molecule is COc1ccc(CCNc2cncc(C(=O)NCCCc3ccccc3)c2)cc1. The zero-order valence-electron chi connectivity index (χ0n) is 16.7. The molecule has 1 heterocycles. The Balaban J connectivity index is 1.42. The Kier molecular flexibility index (Phi) is 7.63. The first-order valence-corrected chi connectivity index (χ1v) is 9.88. The number of nitrogens with one attached hydrogen (secondary N) is 2. The summed E-state index contributed by atoms with van der Waals surface area (Å²) in [7, 11) is 1.66. The van der Waals surface area contributed by atoms with Crippen LogP contribution < -0.4 is 15.4 Å². The summed E-state index contributed by atoms with van der Waals surface area (Å²) in [6.07, 6.45) is 6.07. The number of amides is 1. The summed E-state index contributed by atoms with van der Waals surface area (Å²) in [6, 6.07) is 20.2. The lowest BCUT2D eigenvalue weighted by Crippen LogP contribution is -2.25. The van der Waals surface area contributed by atoms with Crippen LogP contribution in [0.1, 0.15) is 27.9 Å². The van der Waals surface area contributed by atoms with Crippen LogP contribution in [-0.2, 0) is 12.8 Å². The number of aromatic nitrogens is 1. The molecule has 1 aromatic heterocycles. The number of pyridine rings is 1. The molecule has 0 aliphatic heterocycles. The van der Waals surface area contributed by atoms with Gasteiger partial charge in [0.1, 0.15) is 5.75 Å². The van der Waals surface area contributed by atoms with Gasteiger partial charge in [0.2, 0.25) is 0 Å². The van der Waals surface area contributed by atoms with Crippen LogP contribution in [0.4, 0.5) is 5.69 Å². The second-order valence-electron chi connectivity index (χ2n) is 6.83. The number of carbonyl (C=O) groups is 1. The van der Waals surface area contributed by atoms with E-state index >= 15 is 0 Å². The molecule has 0 saturated carbocycles. The van der Waals surface area contributed by atoms with Crippen LogP contribution in [0.5, 0.6) is 5.75 Å². The third kappa shape index (κ3) is 6.64. The van der Waals surface area contributed by atoms with Crippen molar-refractivity contribution in [2.45, 2.75) is 19.3 Å². The van der Waals surface area contributed by atoms with E-state index in [1.165, 1.54) is 11.1 Å². The van der Waals surface area contributed by atoms with Crippen molar-refractivity contribution in [3.63, 3.8) is 0 Å². The summed E-state index contributed by atoms with van der Waals surface area (Å²) in [5.74, 6) is 0.762. The molecule has 1 amide bonds. The predicted octanol–water partition coefficient (Wildman–Crippen LogP) is 4.11. The Morgan fingerprint density at radius 3 is 2.45 bits per heavy atom. The van der Waals surface area contributed by atoms with Crippen LogP contribution in [0.15, 0.2) is 73.1 Å².